The molecule has 0 aliphatic carbocycles. The molecule has 0 saturated heterocycles. The molecule has 2 amide bonds. The number of nitrogens with zero attached hydrogens (tertiary/aromatic N) is 2. The van der Waals surface area contributed by atoms with E-state index in [4.69, 9.17) is 9.72 Å². The molecule has 2 aromatic heterocycles. The Labute approximate surface area is 174 Å². The summed E-state index contributed by atoms with van der Waals surface area (Å²) in [5.41, 5.74) is 3.13. The van der Waals surface area contributed by atoms with Gasteiger partial charge in [0.1, 0.15) is 0 Å². The van der Waals surface area contributed by atoms with E-state index >= 15 is 0 Å². The quantitative estimate of drug-likeness (QED) is 0.392. The van der Waals surface area contributed by atoms with Crippen molar-refractivity contribution < 1.29 is 14.3 Å². The molecule has 7 nitrogen and oxygen atoms in total. The zero-order valence-corrected chi connectivity index (χ0v) is 17.3. The first-order valence-electron chi connectivity index (χ1n) is 9.89. The molecule has 0 fully saturated rings. The van der Waals surface area contributed by atoms with Crippen molar-refractivity contribution in [2.45, 2.75) is 19.9 Å². The number of hydrogen-bond donors (Lipinski definition) is 2. The second-order valence-electron chi connectivity index (χ2n) is 7.21. The Morgan fingerprint density at radius 2 is 1.93 bits per heavy atom. The van der Waals surface area contributed by atoms with Crippen LogP contribution in [0.15, 0.2) is 42.7 Å². The maximum atomic E-state index is 12.7. The van der Waals surface area contributed by atoms with Gasteiger partial charge in [-0.3, -0.25) is 0 Å². The summed E-state index contributed by atoms with van der Waals surface area (Å²) in [6, 6.07) is 9.68. The monoisotopic (exact) mass is 404 g/mol. The van der Waals surface area contributed by atoms with Gasteiger partial charge in [0.05, 0.1) is 23.7 Å². The summed E-state index contributed by atoms with van der Waals surface area (Å²) in [5.74, 6) is -0.389. The predicted octanol–water partition coefficient (Wildman–Crippen LogP) is 3.76. The molecule has 0 radical (unpaired) electrons. The lowest BCUT2D eigenvalue weighted by Crippen LogP contribution is -2.33. The van der Waals surface area contributed by atoms with Crippen LogP contribution in [0.2, 0.25) is 0 Å². The number of ether oxygens (including phenoxy) is 1. The van der Waals surface area contributed by atoms with E-state index in [0.29, 0.717) is 17.6 Å². The van der Waals surface area contributed by atoms with Crippen molar-refractivity contribution in [1.82, 2.24) is 20.2 Å². The van der Waals surface area contributed by atoms with Crippen LogP contribution in [0, 0.1) is 6.92 Å². The minimum absolute atomic E-state index is 0.185. The van der Waals surface area contributed by atoms with Crippen LogP contribution >= 0.6 is 0 Å². The van der Waals surface area contributed by atoms with Crippen LogP contribution in [0.3, 0.4) is 0 Å². The zero-order chi connectivity index (χ0) is 21.3. The second kappa shape index (κ2) is 8.02. The third kappa shape index (κ3) is 3.32. The number of urea groups is 1. The molecule has 0 atom stereocenters. The van der Waals surface area contributed by atoms with Gasteiger partial charge < -0.3 is 19.9 Å². The van der Waals surface area contributed by atoms with Crippen LogP contribution in [0.4, 0.5) is 4.79 Å². The van der Waals surface area contributed by atoms with Crippen LogP contribution in [-0.2, 0) is 11.3 Å². The Bertz CT molecular complexity index is 1280. The van der Waals surface area contributed by atoms with Gasteiger partial charge in [-0.1, -0.05) is 18.2 Å². The number of nitrogens with one attached hydrogen (secondary N) is 2. The molecule has 30 heavy (non-hydrogen) atoms. The molecular weight excluding hydrogens is 380 g/mol. The third-order valence-corrected chi connectivity index (χ3v) is 5.44. The molecule has 7 heteroatoms. The lowest BCUT2D eigenvalue weighted by molar-refractivity contribution is 0.0605. The second-order valence-corrected chi connectivity index (χ2v) is 7.21. The van der Waals surface area contributed by atoms with Crippen LogP contribution in [0.5, 0.6) is 0 Å². The van der Waals surface area contributed by atoms with Gasteiger partial charge >= 0.3 is 12.0 Å². The Balaban J connectivity index is 1.84. The maximum Gasteiger partial charge on any atom is 0.340 e. The highest BCUT2D eigenvalue weighted by atomic mass is 16.5. The average Bonchev–Trinajstić information content (AvgIpc) is 3.16. The molecule has 0 aliphatic heterocycles. The van der Waals surface area contributed by atoms with Gasteiger partial charge in [-0.15, -0.1) is 0 Å². The molecule has 0 aliphatic rings. The summed E-state index contributed by atoms with van der Waals surface area (Å²) >= 11 is 0. The van der Waals surface area contributed by atoms with Crippen molar-refractivity contribution in [3.63, 3.8) is 0 Å². The van der Waals surface area contributed by atoms with Crippen LogP contribution in [0.1, 0.15) is 22.3 Å². The summed E-state index contributed by atoms with van der Waals surface area (Å²) < 4.78 is 7.17. The molecule has 2 N–H and O–H groups in total. The van der Waals surface area contributed by atoms with Crippen molar-refractivity contribution in [2.75, 3.05) is 20.7 Å². The number of esters is 1. The number of amides is 2. The van der Waals surface area contributed by atoms with E-state index in [0.717, 1.165) is 45.6 Å². The molecule has 4 rings (SSSR count). The fourth-order valence-corrected chi connectivity index (χ4v) is 3.96. The first-order valence-corrected chi connectivity index (χ1v) is 9.89. The van der Waals surface area contributed by atoms with E-state index in [1.165, 1.54) is 7.11 Å². The molecule has 0 saturated carbocycles. The number of carbonyl (C=O) groups excluding carboxylic acids is 2. The number of hydrogen-bond acceptors (Lipinski definition) is 4. The number of benzene rings is 2. The predicted molar refractivity (Wildman–Crippen MR) is 118 cm³/mol. The Hall–Kier alpha value is -3.61. The SMILES string of the molecule is CNC(=O)NCCCn1ccc2c(C(=O)OC)c3nc4ccccc4c3c(C)c2c1. The zero-order valence-electron chi connectivity index (χ0n) is 17.3. The van der Waals surface area contributed by atoms with Gasteiger partial charge in [0.15, 0.2) is 0 Å². The van der Waals surface area contributed by atoms with Gasteiger partial charge in [0.25, 0.3) is 0 Å². The summed E-state index contributed by atoms with van der Waals surface area (Å²) in [6.45, 7) is 3.38. The van der Waals surface area contributed by atoms with Gasteiger partial charge in [-0.25, -0.2) is 14.6 Å². The topological polar surface area (TPSA) is 85.2 Å². The van der Waals surface area contributed by atoms with Crippen molar-refractivity contribution in [2.24, 2.45) is 0 Å². The summed E-state index contributed by atoms with van der Waals surface area (Å²) in [6.07, 6.45) is 4.79. The lowest BCUT2D eigenvalue weighted by atomic mass is 9.96. The Morgan fingerprint density at radius 1 is 1.13 bits per heavy atom. The third-order valence-electron chi connectivity index (χ3n) is 5.44. The Kier molecular flexibility index (Phi) is 5.27. The largest absolute Gasteiger partial charge is 0.465 e. The highest BCUT2D eigenvalue weighted by Gasteiger charge is 2.22. The highest BCUT2D eigenvalue weighted by Crippen LogP contribution is 2.37. The summed E-state index contributed by atoms with van der Waals surface area (Å²) in [4.78, 5) is 28.8. The number of fused-ring (bicyclic) bond motifs is 4. The van der Waals surface area contributed by atoms with Crippen LogP contribution in [-0.4, -0.2) is 42.3 Å². The number of rotatable bonds is 5. The average molecular weight is 404 g/mol. The number of aromatic nitrogens is 2. The van der Waals surface area contributed by atoms with E-state index in [1.54, 1.807) is 7.05 Å². The van der Waals surface area contributed by atoms with Crippen molar-refractivity contribution in [3.8, 4) is 0 Å². The molecule has 0 spiro atoms. The standard InChI is InChI=1S/C23H24N4O3/c1-14-17-13-27(11-6-10-25-23(29)24-2)12-9-15(17)20(22(28)30-3)21-19(14)16-7-4-5-8-18(16)26-21/h4-5,7-9,12-13H,6,10-11H2,1-3H3,(H2,24,25,29). The first-order chi connectivity index (χ1) is 14.5. The van der Waals surface area contributed by atoms with Crippen molar-refractivity contribution in [1.29, 1.82) is 0 Å². The molecule has 4 aromatic rings. The summed E-state index contributed by atoms with van der Waals surface area (Å²) in [5, 5.41) is 9.16. The van der Waals surface area contributed by atoms with Crippen LogP contribution < -0.4 is 10.6 Å². The van der Waals surface area contributed by atoms with Crippen LogP contribution in [0.25, 0.3) is 32.6 Å². The number of aryl methyl sites for hydroxylation is 2. The molecule has 2 heterocycles. The fourth-order valence-electron chi connectivity index (χ4n) is 3.96. The number of para-hydroxylation sites is 1. The molecule has 2 aromatic carbocycles. The van der Waals surface area contributed by atoms with Gasteiger partial charge in [0.2, 0.25) is 0 Å². The van der Waals surface area contributed by atoms with E-state index < -0.39 is 0 Å². The summed E-state index contributed by atoms with van der Waals surface area (Å²) in [7, 11) is 2.99. The smallest absolute Gasteiger partial charge is 0.340 e. The number of methoxy groups -OCH3 is 1. The van der Waals surface area contributed by atoms with Gasteiger partial charge in [0, 0.05) is 54.1 Å². The molecule has 0 bridgehead atoms. The molecule has 154 valence electrons. The normalized spacial score (nSPS) is 11.2. The first kappa shape index (κ1) is 19.7. The maximum absolute atomic E-state index is 12.7. The van der Waals surface area contributed by atoms with E-state index in [9.17, 15) is 9.59 Å². The minimum Gasteiger partial charge on any atom is -0.465 e. The Morgan fingerprint density at radius 3 is 2.70 bits per heavy atom. The van der Waals surface area contributed by atoms with E-state index in [1.807, 2.05) is 36.5 Å². The lowest BCUT2D eigenvalue weighted by Gasteiger charge is -2.14. The van der Waals surface area contributed by atoms with Crippen molar-refractivity contribution in [3.05, 3.63) is 53.9 Å². The minimum atomic E-state index is -0.389. The van der Waals surface area contributed by atoms with Gasteiger partial charge in [-0.05, 0) is 31.0 Å². The van der Waals surface area contributed by atoms with Gasteiger partial charge in [-0.2, -0.15) is 0 Å². The van der Waals surface area contributed by atoms with E-state index in [-0.39, 0.29) is 12.0 Å². The fraction of sp³-hybridized carbons (Fsp3) is 0.261. The number of pyridine rings is 1. The van der Waals surface area contributed by atoms with Crippen molar-refractivity contribution >= 4 is 44.6 Å². The highest BCUT2D eigenvalue weighted by molar-refractivity contribution is 6.23. The number of carbonyl (C=O) groups is 2. The molecular formula is C23H24N4O3. The molecule has 0 unspecified atom stereocenters. The van der Waals surface area contributed by atoms with E-state index in [2.05, 4.69) is 28.3 Å².